The van der Waals surface area contributed by atoms with Crippen LogP contribution in [0.25, 0.3) is 0 Å². The first kappa shape index (κ1) is 25.9. The second-order valence-electron chi connectivity index (χ2n) is 8.02. The fourth-order valence-corrected chi connectivity index (χ4v) is 3.07. The minimum absolute atomic E-state index is 0.118. The van der Waals surface area contributed by atoms with Crippen LogP contribution in [0.3, 0.4) is 0 Å². The van der Waals surface area contributed by atoms with Gasteiger partial charge in [0, 0.05) is 18.3 Å². The first-order chi connectivity index (χ1) is 15.6. The molecule has 0 bridgehead atoms. The molecule has 0 aliphatic rings. The molecular formula is C24H31FN2O6. The van der Waals surface area contributed by atoms with Gasteiger partial charge < -0.3 is 24.6 Å². The van der Waals surface area contributed by atoms with Gasteiger partial charge in [0.15, 0.2) is 17.2 Å². The van der Waals surface area contributed by atoms with Crippen LogP contribution in [0, 0.1) is 11.7 Å². The highest BCUT2D eigenvalue weighted by Gasteiger charge is 2.28. The van der Waals surface area contributed by atoms with Crippen molar-refractivity contribution in [3.05, 3.63) is 48.0 Å². The van der Waals surface area contributed by atoms with E-state index in [0.717, 1.165) is 0 Å². The minimum Gasteiger partial charge on any atom is -0.503 e. The molecule has 1 aromatic heterocycles. The number of pyridine rings is 1. The number of carbonyl (C=O) groups excluding carboxylic acids is 2. The Labute approximate surface area is 193 Å². The molecule has 0 radical (unpaired) electrons. The lowest BCUT2D eigenvalue weighted by atomic mass is 10.0. The van der Waals surface area contributed by atoms with Gasteiger partial charge in [-0.3, -0.25) is 4.79 Å². The number of aromatic nitrogens is 1. The van der Waals surface area contributed by atoms with Crippen LogP contribution in [-0.4, -0.2) is 46.8 Å². The predicted octanol–water partition coefficient (Wildman–Crippen LogP) is 3.87. The quantitative estimate of drug-likeness (QED) is 0.488. The Kier molecular flexibility index (Phi) is 9.44. The van der Waals surface area contributed by atoms with Gasteiger partial charge in [-0.2, -0.15) is 0 Å². The predicted molar refractivity (Wildman–Crippen MR) is 120 cm³/mol. The minimum atomic E-state index is -1.02. The third-order valence-corrected chi connectivity index (χ3v) is 4.72. The van der Waals surface area contributed by atoms with E-state index in [9.17, 15) is 19.1 Å². The van der Waals surface area contributed by atoms with E-state index in [1.165, 1.54) is 37.4 Å². The van der Waals surface area contributed by atoms with E-state index in [1.54, 1.807) is 19.9 Å². The van der Waals surface area contributed by atoms with Crippen molar-refractivity contribution in [2.75, 3.05) is 6.61 Å². The van der Waals surface area contributed by atoms with Crippen molar-refractivity contribution >= 4 is 11.9 Å². The number of carbonyl (C=O) groups is 2. The Hall–Kier alpha value is -3.36. The first-order valence-corrected chi connectivity index (χ1v) is 10.9. The van der Waals surface area contributed by atoms with Crippen LogP contribution in [0.5, 0.6) is 17.2 Å². The van der Waals surface area contributed by atoms with Crippen molar-refractivity contribution in [3.63, 3.8) is 0 Å². The summed E-state index contributed by atoms with van der Waals surface area (Å²) < 4.78 is 30.2. The average molecular weight is 463 g/mol. The van der Waals surface area contributed by atoms with Gasteiger partial charge in [-0.15, -0.1) is 0 Å². The van der Waals surface area contributed by atoms with Crippen molar-refractivity contribution in [1.29, 1.82) is 0 Å². The van der Waals surface area contributed by atoms with E-state index in [2.05, 4.69) is 10.3 Å². The highest BCUT2D eigenvalue weighted by Crippen LogP contribution is 2.28. The number of hydrogen-bond acceptors (Lipinski definition) is 7. The van der Waals surface area contributed by atoms with E-state index < -0.39 is 41.7 Å². The van der Waals surface area contributed by atoms with Gasteiger partial charge in [0.05, 0.1) is 6.61 Å². The van der Waals surface area contributed by atoms with Crippen LogP contribution < -0.4 is 14.8 Å². The second kappa shape index (κ2) is 12.0. The number of ether oxygens (including phenoxy) is 3. The molecule has 2 aromatic rings. The van der Waals surface area contributed by atoms with E-state index in [1.807, 2.05) is 13.8 Å². The SMILES string of the molecule is CCOc1ccnc(C(=O)N[C@@H](C)C(=O)O[C@@H](C)[C@@H](CC(C)C)Oc2cccc(F)c2)c1O. The largest absolute Gasteiger partial charge is 0.503 e. The Bertz CT molecular complexity index is 952. The number of nitrogens with one attached hydrogen (secondary N) is 1. The monoisotopic (exact) mass is 462 g/mol. The van der Waals surface area contributed by atoms with E-state index in [0.29, 0.717) is 18.8 Å². The van der Waals surface area contributed by atoms with Crippen LogP contribution in [0.1, 0.15) is 51.5 Å². The molecule has 0 unspecified atom stereocenters. The molecule has 8 nitrogen and oxygen atoms in total. The molecule has 1 heterocycles. The standard InChI is InChI=1S/C24H31FN2O6/c1-6-31-19-10-11-26-21(22(19)28)23(29)27-15(4)24(30)32-16(5)20(12-14(2)3)33-18-9-7-8-17(25)13-18/h7-11,13-16,20,28H,6,12H2,1-5H3,(H,27,29)/t15-,16-,20+/m0/s1. The number of aromatic hydroxyl groups is 1. The molecule has 33 heavy (non-hydrogen) atoms. The zero-order chi connectivity index (χ0) is 24.5. The summed E-state index contributed by atoms with van der Waals surface area (Å²) >= 11 is 0. The molecule has 0 spiro atoms. The van der Waals surface area contributed by atoms with Crippen LogP contribution in [0.4, 0.5) is 4.39 Å². The number of benzene rings is 1. The highest BCUT2D eigenvalue weighted by molar-refractivity contribution is 5.97. The summed E-state index contributed by atoms with van der Waals surface area (Å²) in [6.07, 6.45) is 0.695. The summed E-state index contributed by atoms with van der Waals surface area (Å²) in [5.41, 5.74) is -0.263. The molecule has 1 amide bonds. The van der Waals surface area contributed by atoms with Gasteiger partial charge in [0.1, 0.15) is 29.8 Å². The molecule has 1 aromatic carbocycles. The number of hydrogen-bond donors (Lipinski definition) is 2. The van der Waals surface area contributed by atoms with Gasteiger partial charge in [-0.25, -0.2) is 14.2 Å². The fourth-order valence-electron chi connectivity index (χ4n) is 3.07. The molecular weight excluding hydrogens is 431 g/mol. The normalized spacial score (nSPS) is 13.7. The van der Waals surface area contributed by atoms with Crippen LogP contribution in [0.2, 0.25) is 0 Å². The Balaban J connectivity index is 2.03. The number of amides is 1. The Morgan fingerprint density at radius 3 is 2.55 bits per heavy atom. The summed E-state index contributed by atoms with van der Waals surface area (Å²) in [6, 6.07) is 6.16. The summed E-state index contributed by atoms with van der Waals surface area (Å²) in [5.74, 6) is -1.59. The van der Waals surface area contributed by atoms with Gasteiger partial charge in [-0.05, 0) is 45.2 Å². The van der Waals surface area contributed by atoms with E-state index in [-0.39, 0.29) is 17.4 Å². The molecule has 0 saturated heterocycles. The Morgan fingerprint density at radius 2 is 1.91 bits per heavy atom. The fraction of sp³-hybridized carbons (Fsp3) is 0.458. The molecule has 0 aliphatic heterocycles. The molecule has 180 valence electrons. The van der Waals surface area contributed by atoms with Crippen molar-refractivity contribution in [2.45, 2.75) is 59.3 Å². The maximum absolute atomic E-state index is 13.5. The summed E-state index contributed by atoms with van der Waals surface area (Å²) in [6.45, 7) is 9.17. The van der Waals surface area contributed by atoms with Crippen molar-refractivity contribution in [3.8, 4) is 17.2 Å². The number of halogens is 1. The summed E-state index contributed by atoms with van der Waals surface area (Å²) in [5, 5.41) is 12.7. The lowest BCUT2D eigenvalue weighted by molar-refractivity contribution is -0.155. The van der Waals surface area contributed by atoms with Crippen LogP contribution in [0.15, 0.2) is 36.5 Å². The smallest absolute Gasteiger partial charge is 0.328 e. The molecule has 0 aliphatic carbocycles. The maximum Gasteiger partial charge on any atom is 0.328 e. The molecule has 0 saturated carbocycles. The van der Waals surface area contributed by atoms with Crippen LogP contribution >= 0.6 is 0 Å². The third kappa shape index (κ3) is 7.62. The molecule has 2 N–H and O–H groups in total. The molecule has 3 atom stereocenters. The third-order valence-electron chi connectivity index (χ3n) is 4.72. The first-order valence-electron chi connectivity index (χ1n) is 10.9. The van der Waals surface area contributed by atoms with Crippen LogP contribution in [-0.2, 0) is 9.53 Å². The van der Waals surface area contributed by atoms with Gasteiger partial charge in [-0.1, -0.05) is 19.9 Å². The topological polar surface area (TPSA) is 107 Å². The lowest BCUT2D eigenvalue weighted by Crippen LogP contribution is -2.43. The molecule has 9 heteroatoms. The average Bonchev–Trinajstić information content (AvgIpc) is 2.74. The number of esters is 1. The van der Waals surface area contributed by atoms with Crippen molar-refractivity contribution in [2.24, 2.45) is 5.92 Å². The van der Waals surface area contributed by atoms with Crippen molar-refractivity contribution in [1.82, 2.24) is 10.3 Å². The molecule has 0 fully saturated rings. The second-order valence-corrected chi connectivity index (χ2v) is 8.02. The number of rotatable bonds is 11. The number of nitrogens with zero attached hydrogens (tertiary/aromatic N) is 1. The summed E-state index contributed by atoms with van der Waals surface area (Å²) in [4.78, 5) is 29.0. The summed E-state index contributed by atoms with van der Waals surface area (Å²) in [7, 11) is 0. The van der Waals surface area contributed by atoms with Gasteiger partial charge >= 0.3 is 5.97 Å². The van der Waals surface area contributed by atoms with E-state index >= 15 is 0 Å². The highest BCUT2D eigenvalue weighted by atomic mass is 19.1. The van der Waals surface area contributed by atoms with Gasteiger partial charge in [0.2, 0.25) is 0 Å². The van der Waals surface area contributed by atoms with Gasteiger partial charge in [0.25, 0.3) is 5.91 Å². The van der Waals surface area contributed by atoms with Crippen molar-refractivity contribution < 1.29 is 33.3 Å². The maximum atomic E-state index is 13.5. The lowest BCUT2D eigenvalue weighted by Gasteiger charge is -2.27. The zero-order valence-electron chi connectivity index (χ0n) is 19.5. The Morgan fingerprint density at radius 1 is 1.18 bits per heavy atom. The van der Waals surface area contributed by atoms with E-state index in [4.69, 9.17) is 14.2 Å². The molecule has 2 rings (SSSR count). The zero-order valence-corrected chi connectivity index (χ0v) is 19.5.